The van der Waals surface area contributed by atoms with Gasteiger partial charge in [-0.05, 0) is 32.4 Å². The van der Waals surface area contributed by atoms with Gasteiger partial charge < -0.3 is 21.3 Å². The smallest absolute Gasteiger partial charge is 0.227 e. The monoisotopic (exact) mass is 487 g/mol. The average Bonchev–Trinajstić information content (AvgIpc) is 2.61. The van der Waals surface area contributed by atoms with Crippen molar-refractivity contribution in [3.8, 4) is 0 Å². The summed E-state index contributed by atoms with van der Waals surface area (Å²) in [6.45, 7) is 7.34. The Bertz CT molecular complexity index is 690. The molecule has 1 aliphatic heterocycles. The largest absolute Gasteiger partial charge is 0.356 e. The lowest BCUT2D eigenvalue weighted by atomic mass is 9.90. The van der Waals surface area contributed by atoms with Gasteiger partial charge in [-0.3, -0.25) is 14.6 Å². The van der Waals surface area contributed by atoms with Gasteiger partial charge in [0.1, 0.15) is 0 Å². The second kappa shape index (κ2) is 10.5. The lowest BCUT2D eigenvalue weighted by Crippen LogP contribution is -2.48. The van der Waals surface area contributed by atoms with Crippen LogP contribution in [-0.2, 0) is 9.59 Å². The van der Waals surface area contributed by atoms with E-state index in [0.29, 0.717) is 32.0 Å². The molecule has 0 aliphatic carbocycles. The molecular formula is C19H30IN5O2. The molecule has 1 aromatic carbocycles. The minimum absolute atomic E-state index is 0. The molecule has 0 radical (unpaired) electrons. The maximum Gasteiger partial charge on any atom is 0.227 e. The van der Waals surface area contributed by atoms with Gasteiger partial charge in [0.25, 0.3) is 0 Å². The standard InChI is InChI=1S/C19H29N5O2.HI/c1-5-21-17(26)19(2,3)12-23-18(20-4)22-11-13-10-16(25)24-15-9-7-6-8-14(13)15;/h6-9,13H,5,10-12H2,1-4H3,(H,21,26)(H,24,25)(H2,20,22,23);1H. The summed E-state index contributed by atoms with van der Waals surface area (Å²) in [5, 5.41) is 12.2. The molecule has 1 atom stereocenters. The molecule has 2 rings (SSSR count). The zero-order valence-electron chi connectivity index (χ0n) is 16.4. The van der Waals surface area contributed by atoms with Crippen LogP contribution in [0.4, 0.5) is 5.69 Å². The molecule has 1 aromatic rings. The van der Waals surface area contributed by atoms with Gasteiger partial charge in [-0.15, -0.1) is 24.0 Å². The van der Waals surface area contributed by atoms with Gasteiger partial charge in [0, 0.05) is 44.7 Å². The summed E-state index contributed by atoms with van der Waals surface area (Å²) in [5.74, 6) is 0.720. The summed E-state index contributed by atoms with van der Waals surface area (Å²) in [6, 6.07) is 7.85. The van der Waals surface area contributed by atoms with Gasteiger partial charge in [-0.25, -0.2) is 0 Å². The van der Waals surface area contributed by atoms with Crippen molar-refractivity contribution >= 4 is 47.4 Å². The Morgan fingerprint density at radius 3 is 2.63 bits per heavy atom. The molecule has 4 N–H and O–H groups in total. The van der Waals surface area contributed by atoms with Crippen molar-refractivity contribution in [3.05, 3.63) is 29.8 Å². The second-order valence-electron chi connectivity index (χ2n) is 7.09. The molecule has 0 saturated carbocycles. The number of carbonyl (C=O) groups excluding carboxylic acids is 2. The van der Waals surface area contributed by atoms with Crippen molar-refractivity contribution in [1.82, 2.24) is 16.0 Å². The van der Waals surface area contributed by atoms with E-state index < -0.39 is 5.41 Å². The molecule has 0 spiro atoms. The molecule has 1 aliphatic rings. The first-order chi connectivity index (χ1) is 12.4. The number of hydrogen-bond donors (Lipinski definition) is 4. The Labute approximate surface area is 178 Å². The fraction of sp³-hybridized carbons (Fsp3) is 0.526. The van der Waals surface area contributed by atoms with Crippen LogP contribution < -0.4 is 21.3 Å². The van der Waals surface area contributed by atoms with Gasteiger partial charge in [-0.2, -0.15) is 0 Å². The van der Waals surface area contributed by atoms with E-state index in [1.165, 1.54) is 0 Å². The molecule has 150 valence electrons. The highest BCUT2D eigenvalue weighted by Gasteiger charge is 2.28. The fourth-order valence-corrected chi connectivity index (χ4v) is 2.91. The van der Waals surface area contributed by atoms with Crippen molar-refractivity contribution in [2.45, 2.75) is 33.1 Å². The van der Waals surface area contributed by atoms with Crippen molar-refractivity contribution in [3.63, 3.8) is 0 Å². The number of para-hydroxylation sites is 1. The Balaban J connectivity index is 0.00000364. The number of amides is 2. The number of guanidine groups is 1. The van der Waals surface area contributed by atoms with E-state index >= 15 is 0 Å². The SMILES string of the molecule is CCNC(=O)C(C)(C)CNC(=NC)NCC1CC(=O)Nc2ccccc21.I. The van der Waals surface area contributed by atoms with Gasteiger partial charge in [0.05, 0.1) is 5.41 Å². The van der Waals surface area contributed by atoms with Crippen molar-refractivity contribution in [1.29, 1.82) is 0 Å². The minimum Gasteiger partial charge on any atom is -0.356 e. The van der Waals surface area contributed by atoms with E-state index in [0.717, 1.165) is 11.3 Å². The van der Waals surface area contributed by atoms with Crippen LogP contribution in [0.5, 0.6) is 0 Å². The normalized spacial score (nSPS) is 16.5. The van der Waals surface area contributed by atoms with E-state index in [1.807, 2.05) is 45.0 Å². The molecule has 0 saturated heterocycles. The highest BCUT2D eigenvalue weighted by Crippen LogP contribution is 2.31. The highest BCUT2D eigenvalue weighted by atomic mass is 127. The molecule has 1 heterocycles. The summed E-state index contributed by atoms with van der Waals surface area (Å²) in [6.07, 6.45) is 0.436. The van der Waals surface area contributed by atoms with Gasteiger partial charge >= 0.3 is 0 Å². The number of hydrogen-bond acceptors (Lipinski definition) is 3. The van der Waals surface area contributed by atoms with Crippen LogP contribution in [0.1, 0.15) is 38.7 Å². The number of rotatable bonds is 6. The first kappa shape index (κ1) is 23.2. The average molecular weight is 487 g/mol. The van der Waals surface area contributed by atoms with E-state index in [-0.39, 0.29) is 41.7 Å². The Morgan fingerprint density at radius 1 is 1.26 bits per heavy atom. The van der Waals surface area contributed by atoms with Crippen LogP contribution in [0, 0.1) is 5.41 Å². The summed E-state index contributed by atoms with van der Waals surface area (Å²) in [7, 11) is 1.69. The van der Waals surface area contributed by atoms with Crippen LogP contribution in [0.25, 0.3) is 0 Å². The number of halogens is 1. The molecule has 27 heavy (non-hydrogen) atoms. The lowest BCUT2D eigenvalue weighted by Gasteiger charge is -2.28. The number of nitrogens with one attached hydrogen (secondary N) is 4. The summed E-state index contributed by atoms with van der Waals surface area (Å²) in [5.41, 5.74) is 1.44. The van der Waals surface area contributed by atoms with Crippen molar-refractivity contribution < 1.29 is 9.59 Å². The highest BCUT2D eigenvalue weighted by molar-refractivity contribution is 14.0. The number of aliphatic imine (C=N–C) groups is 1. The number of fused-ring (bicyclic) bond motifs is 1. The maximum atomic E-state index is 12.1. The molecule has 2 amide bonds. The van der Waals surface area contributed by atoms with Crippen LogP contribution >= 0.6 is 24.0 Å². The zero-order valence-corrected chi connectivity index (χ0v) is 18.7. The third-order valence-electron chi connectivity index (χ3n) is 4.50. The fourth-order valence-electron chi connectivity index (χ4n) is 2.91. The van der Waals surface area contributed by atoms with E-state index in [9.17, 15) is 9.59 Å². The summed E-state index contributed by atoms with van der Waals surface area (Å²) >= 11 is 0. The molecule has 7 nitrogen and oxygen atoms in total. The summed E-state index contributed by atoms with van der Waals surface area (Å²) in [4.78, 5) is 28.2. The zero-order chi connectivity index (χ0) is 19.2. The lowest BCUT2D eigenvalue weighted by molar-refractivity contribution is -0.128. The minimum atomic E-state index is -0.551. The first-order valence-electron chi connectivity index (χ1n) is 8.99. The second-order valence-corrected chi connectivity index (χ2v) is 7.09. The van der Waals surface area contributed by atoms with E-state index in [4.69, 9.17) is 0 Å². The molecule has 0 bridgehead atoms. The molecule has 1 unspecified atom stereocenters. The van der Waals surface area contributed by atoms with Crippen LogP contribution in [0.15, 0.2) is 29.3 Å². The molecular weight excluding hydrogens is 457 g/mol. The van der Waals surface area contributed by atoms with E-state index in [2.05, 4.69) is 26.3 Å². The van der Waals surface area contributed by atoms with Crippen molar-refractivity contribution in [2.75, 3.05) is 32.0 Å². The maximum absolute atomic E-state index is 12.1. The Hall–Kier alpha value is -1.84. The quantitative estimate of drug-likeness (QED) is 0.281. The van der Waals surface area contributed by atoms with Crippen LogP contribution in [0.3, 0.4) is 0 Å². The predicted octanol–water partition coefficient (Wildman–Crippen LogP) is 2.06. The topological polar surface area (TPSA) is 94.6 Å². The number of benzene rings is 1. The first-order valence-corrected chi connectivity index (χ1v) is 8.99. The van der Waals surface area contributed by atoms with Crippen molar-refractivity contribution in [2.24, 2.45) is 10.4 Å². The van der Waals surface area contributed by atoms with Gasteiger partial charge in [-0.1, -0.05) is 18.2 Å². The van der Waals surface area contributed by atoms with Gasteiger partial charge in [0.2, 0.25) is 11.8 Å². The molecule has 0 aromatic heterocycles. The number of anilines is 1. The third kappa shape index (κ3) is 6.37. The number of nitrogens with zero attached hydrogens (tertiary/aromatic N) is 1. The molecule has 0 fully saturated rings. The number of carbonyl (C=O) groups is 2. The van der Waals surface area contributed by atoms with Crippen LogP contribution in [0.2, 0.25) is 0 Å². The Morgan fingerprint density at radius 2 is 1.96 bits per heavy atom. The predicted molar refractivity (Wildman–Crippen MR) is 120 cm³/mol. The third-order valence-corrected chi connectivity index (χ3v) is 4.50. The summed E-state index contributed by atoms with van der Waals surface area (Å²) < 4.78 is 0. The van der Waals surface area contributed by atoms with Gasteiger partial charge in [0.15, 0.2) is 5.96 Å². The van der Waals surface area contributed by atoms with E-state index in [1.54, 1.807) is 7.05 Å². The Kier molecular flexibility index (Phi) is 9.01. The molecule has 8 heteroatoms. The van der Waals surface area contributed by atoms with Crippen LogP contribution in [-0.4, -0.2) is 44.5 Å².